The third-order valence-electron chi connectivity index (χ3n) is 5.08. The highest BCUT2D eigenvalue weighted by atomic mass is 16.4. The minimum Gasteiger partial charge on any atom is -0.481 e. The first kappa shape index (κ1) is 15.8. The molecule has 2 aromatic carbocycles. The van der Waals surface area contributed by atoms with Crippen LogP contribution in [0, 0.1) is 13.8 Å². The number of aliphatic carboxylic acids is 1. The second kappa shape index (κ2) is 5.23. The van der Waals surface area contributed by atoms with E-state index in [0.29, 0.717) is 0 Å². The van der Waals surface area contributed by atoms with Crippen LogP contribution in [0.2, 0.25) is 0 Å². The van der Waals surface area contributed by atoms with Crippen LogP contribution in [-0.2, 0) is 10.2 Å². The molecule has 0 aromatic heterocycles. The van der Waals surface area contributed by atoms with E-state index < -0.39 is 5.97 Å². The van der Waals surface area contributed by atoms with E-state index in [4.69, 9.17) is 0 Å². The molecule has 0 spiro atoms. The molecular formula is C21H24O2. The Hall–Kier alpha value is -2.09. The molecule has 2 aromatic rings. The van der Waals surface area contributed by atoms with Crippen molar-refractivity contribution in [3.8, 4) is 11.1 Å². The van der Waals surface area contributed by atoms with E-state index in [-0.39, 0.29) is 17.8 Å². The van der Waals surface area contributed by atoms with Gasteiger partial charge in [-0.3, -0.25) is 4.79 Å². The lowest BCUT2D eigenvalue weighted by Crippen LogP contribution is -2.12. The van der Waals surface area contributed by atoms with Crippen molar-refractivity contribution in [1.29, 1.82) is 0 Å². The summed E-state index contributed by atoms with van der Waals surface area (Å²) in [6.07, 6.45) is 0.149. The predicted molar refractivity (Wildman–Crippen MR) is 94.1 cm³/mol. The Morgan fingerprint density at radius 2 is 1.78 bits per heavy atom. The molecule has 0 bridgehead atoms. The fourth-order valence-electron chi connectivity index (χ4n) is 3.59. The fourth-order valence-corrected chi connectivity index (χ4v) is 3.59. The average Bonchev–Trinajstić information content (AvgIpc) is 2.75. The van der Waals surface area contributed by atoms with E-state index in [1.807, 2.05) is 0 Å². The SMILES string of the molecule is Cc1ccc2c(c1C)-c1ccc(C(C)(C)C)cc1C2CC(=O)O. The van der Waals surface area contributed by atoms with Gasteiger partial charge in [-0.25, -0.2) is 0 Å². The summed E-state index contributed by atoms with van der Waals surface area (Å²) in [5.41, 5.74) is 8.62. The maximum Gasteiger partial charge on any atom is 0.304 e. The van der Waals surface area contributed by atoms with Crippen molar-refractivity contribution in [2.24, 2.45) is 0 Å². The number of hydrogen-bond acceptors (Lipinski definition) is 1. The summed E-state index contributed by atoms with van der Waals surface area (Å²) in [7, 11) is 0. The fraction of sp³-hybridized carbons (Fsp3) is 0.381. The minimum atomic E-state index is -0.742. The quantitative estimate of drug-likeness (QED) is 0.829. The molecule has 120 valence electrons. The van der Waals surface area contributed by atoms with Gasteiger partial charge in [0, 0.05) is 5.92 Å². The maximum atomic E-state index is 11.4. The van der Waals surface area contributed by atoms with Gasteiger partial charge in [0.05, 0.1) is 6.42 Å². The van der Waals surface area contributed by atoms with Crippen LogP contribution in [0.15, 0.2) is 30.3 Å². The summed E-state index contributed by atoms with van der Waals surface area (Å²) < 4.78 is 0. The van der Waals surface area contributed by atoms with Crippen LogP contribution in [0.3, 0.4) is 0 Å². The third-order valence-corrected chi connectivity index (χ3v) is 5.08. The highest BCUT2D eigenvalue weighted by Crippen LogP contribution is 2.49. The molecule has 0 fully saturated rings. The first-order valence-electron chi connectivity index (χ1n) is 8.17. The van der Waals surface area contributed by atoms with Crippen LogP contribution >= 0.6 is 0 Å². The topological polar surface area (TPSA) is 37.3 Å². The number of rotatable bonds is 2. The number of benzene rings is 2. The van der Waals surface area contributed by atoms with Crippen LogP contribution in [-0.4, -0.2) is 11.1 Å². The lowest BCUT2D eigenvalue weighted by atomic mass is 9.83. The van der Waals surface area contributed by atoms with Gasteiger partial charge in [-0.15, -0.1) is 0 Å². The number of hydrogen-bond donors (Lipinski definition) is 1. The monoisotopic (exact) mass is 308 g/mol. The number of carboxylic acid groups (broad SMARTS) is 1. The number of carbonyl (C=O) groups is 1. The standard InChI is InChI=1S/C21H24O2/c1-12-6-8-15-18(11-19(22)23)17-10-14(21(3,4)5)7-9-16(17)20(15)13(12)2/h6-10,18H,11H2,1-5H3,(H,22,23). The summed E-state index contributed by atoms with van der Waals surface area (Å²) in [6, 6.07) is 10.8. The molecule has 23 heavy (non-hydrogen) atoms. The highest BCUT2D eigenvalue weighted by Gasteiger charge is 2.32. The Labute approximate surface area is 138 Å². The zero-order valence-electron chi connectivity index (χ0n) is 14.5. The molecular weight excluding hydrogens is 284 g/mol. The summed E-state index contributed by atoms with van der Waals surface area (Å²) in [5, 5.41) is 9.38. The van der Waals surface area contributed by atoms with Gasteiger partial charge in [0.2, 0.25) is 0 Å². The predicted octanol–water partition coefficient (Wildman–Crippen LogP) is 5.19. The molecule has 0 aliphatic heterocycles. The Morgan fingerprint density at radius 1 is 1.09 bits per heavy atom. The second-order valence-corrected chi connectivity index (χ2v) is 7.67. The van der Waals surface area contributed by atoms with Crippen LogP contribution < -0.4 is 0 Å². The molecule has 2 heteroatoms. The van der Waals surface area contributed by atoms with Gasteiger partial charge in [-0.1, -0.05) is 51.1 Å². The first-order valence-corrected chi connectivity index (χ1v) is 8.17. The molecule has 1 aliphatic carbocycles. The van der Waals surface area contributed by atoms with Gasteiger partial charge in [-0.2, -0.15) is 0 Å². The first-order chi connectivity index (χ1) is 10.7. The molecule has 3 rings (SSSR count). The van der Waals surface area contributed by atoms with Crippen molar-refractivity contribution in [2.75, 3.05) is 0 Å². The molecule has 1 unspecified atom stereocenters. The Kier molecular flexibility index (Phi) is 3.59. The Balaban J connectivity index is 2.26. The van der Waals surface area contributed by atoms with Crippen LogP contribution in [0.4, 0.5) is 0 Å². The van der Waals surface area contributed by atoms with E-state index in [1.165, 1.54) is 33.4 Å². The average molecular weight is 308 g/mol. The summed E-state index contributed by atoms with van der Waals surface area (Å²) in [6.45, 7) is 10.8. The molecule has 0 saturated heterocycles. The van der Waals surface area contributed by atoms with Crippen molar-refractivity contribution >= 4 is 5.97 Å². The van der Waals surface area contributed by atoms with Gasteiger partial charge in [-0.05, 0) is 58.2 Å². The van der Waals surface area contributed by atoms with E-state index in [9.17, 15) is 9.90 Å². The Morgan fingerprint density at radius 3 is 2.39 bits per heavy atom. The van der Waals surface area contributed by atoms with Gasteiger partial charge in [0.25, 0.3) is 0 Å². The van der Waals surface area contributed by atoms with Crippen LogP contribution in [0.1, 0.15) is 60.9 Å². The lowest BCUT2D eigenvalue weighted by Gasteiger charge is -2.21. The number of aryl methyl sites for hydroxylation is 1. The van der Waals surface area contributed by atoms with E-state index >= 15 is 0 Å². The van der Waals surface area contributed by atoms with Crippen molar-refractivity contribution in [1.82, 2.24) is 0 Å². The summed E-state index contributed by atoms with van der Waals surface area (Å²) >= 11 is 0. The number of carboxylic acids is 1. The van der Waals surface area contributed by atoms with Crippen molar-refractivity contribution in [3.63, 3.8) is 0 Å². The van der Waals surface area contributed by atoms with E-state index in [1.54, 1.807) is 0 Å². The molecule has 1 N–H and O–H groups in total. The van der Waals surface area contributed by atoms with Crippen LogP contribution in [0.5, 0.6) is 0 Å². The molecule has 0 saturated carbocycles. The summed E-state index contributed by atoms with van der Waals surface area (Å²) in [5.74, 6) is -0.785. The highest BCUT2D eigenvalue weighted by molar-refractivity contribution is 5.84. The molecule has 1 aliphatic rings. The van der Waals surface area contributed by atoms with E-state index in [2.05, 4.69) is 65.0 Å². The van der Waals surface area contributed by atoms with Crippen molar-refractivity contribution in [2.45, 2.75) is 52.4 Å². The largest absolute Gasteiger partial charge is 0.481 e. The van der Waals surface area contributed by atoms with Gasteiger partial charge in [0.15, 0.2) is 0 Å². The smallest absolute Gasteiger partial charge is 0.304 e. The second-order valence-electron chi connectivity index (χ2n) is 7.67. The Bertz CT molecular complexity index is 794. The molecule has 0 amide bonds. The maximum absolute atomic E-state index is 11.4. The third kappa shape index (κ3) is 2.56. The van der Waals surface area contributed by atoms with E-state index in [0.717, 1.165) is 5.56 Å². The van der Waals surface area contributed by atoms with Crippen molar-refractivity contribution < 1.29 is 9.90 Å². The normalized spacial score (nSPS) is 16.1. The summed E-state index contributed by atoms with van der Waals surface area (Å²) in [4.78, 5) is 11.4. The molecule has 2 nitrogen and oxygen atoms in total. The van der Waals surface area contributed by atoms with Gasteiger partial charge >= 0.3 is 5.97 Å². The number of fused-ring (bicyclic) bond motifs is 3. The molecule has 0 heterocycles. The zero-order chi connectivity index (χ0) is 16.9. The molecule has 1 atom stereocenters. The minimum absolute atomic E-state index is 0.0425. The van der Waals surface area contributed by atoms with Crippen LogP contribution in [0.25, 0.3) is 11.1 Å². The van der Waals surface area contributed by atoms with Crippen molar-refractivity contribution in [3.05, 3.63) is 58.1 Å². The van der Waals surface area contributed by atoms with Gasteiger partial charge < -0.3 is 5.11 Å². The zero-order valence-corrected chi connectivity index (χ0v) is 14.5. The van der Waals surface area contributed by atoms with Gasteiger partial charge in [0.1, 0.15) is 0 Å². The lowest BCUT2D eigenvalue weighted by molar-refractivity contribution is -0.137. The molecule has 0 radical (unpaired) electrons.